The normalized spacial score (nSPS) is 13.6. The van der Waals surface area contributed by atoms with E-state index in [-0.39, 0.29) is 88.6 Å². The maximum absolute atomic E-state index is 16.9. The number of aryl methyl sites for hydroxylation is 4. The average molecular weight is 1620 g/mol. The van der Waals surface area contributed by atoms with Crippen LogP contribution in [0.2, 0.25) is 0 Å². The quantitative estimate of drug-likeness (QED) is 0.0353. The molecule has 0 saturated carbocycles. The summed E-state index contributed by atoms with van der Waals surface area (Å²) in [6.07, 6.45) is 10.4. The number of aromatic nitrogens is 2. The molecule has 4 heterocycles. The molecule has 4 amide bonds. The first-order chi connectivity index (χ1) is 57.2. The molecule has 620 valence electrons. The van der Waals surface area contributed by atoms with E-state index in [4.69, 9.17) is 18.9 Å². The molecule has 0 N–H and O–H groups in total. The summed E-state index contributed by atoms with van der Waals surface area (Å²) in [6, 6.07) is 54.6. The third-order valence-electron chi connectivity index (χ3n) is 23.7. The van der Waals surface area contributed by atoms with Crippen molar-refractivity contribution in [1.29, 1.82) is 0 Å². The van der Waals surface area contributed by atoms with Crippen LogP contribution in [0.15, 0.2) is 195 Å². The zero-order valence-corrected chi connectivity index (χ0v) is 75.4. The highest BCUT2D eigenvalue weighted by atomic mass is 16.5. The van der Waals surface area contributed by atoms with Crippen LogP contribution in [0.5, 0.6) is 46.0 Å². The molecule has 12 nitrogen and oxygen atoms in total. The van der Waals surface area contributed by atoms with E-state index >= 15 is 19.2 Å². The molecular weight excluding hydrogens is 1510 g/mol. The molecule has 15 rings (SSSR count). The molecule has 2 aliphatic rings. The second-order valence-corrected chi connectivity index (χ2v) is 41.5. The first kappa shape index (κ1) is 84.6. The van der Waals surface area contributed by atoms with Gasteiger partial charge >= 0.3 is 0 Å². The number of fused-ring (bicyclic) bond motifs is 2. The molecule has 2 aliphatic heterocycles. The van der Waals surface area contributed by atoms with Crippen molar-refractivity contribution >= 4 is 78.1 Å². The third-order valence-corrected chi connectivity index (χ3v) is 23.7. The number of nitrogens with zero attached hydrogens (tertiary/aromatic N) is 4. The molecule has 0 fully saturated rings. The molecule has 11 aromatic carbocycles. The van der Waals surface area contributed by atoms with Gasteiger partial charge in [-0.1, -0.05) is 211 Å². The van der Waals surface area contributed by atoms with E-state index < -0.39 is 23.6 Å². The highest BCUT2D eigenvalue weighted by molar-refractivity contribution is 6.48. The van der Waals surface area contributed by atoms with Gasteiger partial charge in [0.25, 0.3) is 23.6 Å². The molecule has 0 atom stereocenters. The van der Waals surface area contributed by atoms with Crippen molar-refractivity contribution in [2.75, 3.05) is 9.80 Å². The Morgan fingerprint density at radius 2 is 0.467 bits per heavy atom. The van der Waals surface area contributed by atoms with Crippen LogP contribution in [0.4, 0.5) is 11.4 Å². The van der Waals surface area contributed by atoms with Crippen LogP contribution in [0, 0.1) is 73.0 Å². The molecule has 0 aliphatic carbocycles. The number of hydrogen-bond acceptors (Lipinski definition) is 10. The maximum Gasteiger partial charge on any atom is 0.266 e. The molecule has 2 aromatic heterocycles. The van der Waals surface area contributed by atoms with Crippen LogP contribution in [0.3, 0.4) is 0 Å². The monoisotopic (exact) mass is 1620 g/mol. The average Bonchev–Trinajstić information content (AvgIpc) is 0.668. The van der Waals surface area contributed by atoms with Gasteiger partial charge in [-0.2, -0.15) is 0 Å². The zero-order chi connectivity index (χ0) is 87.6. The van der Waals surface area contributed by atoms with Gasteiger partial charge in [0.2, 0.25) is 0 Å². The number of hydrogen-bond donors (Lipinski definition) is 0. The van der Waals surface area contributed by atoms with Crippen LogP contribution in [0.1, 0.15) is 272 Å². The highest BCUT2D eigenvalue weighted by Crippen LogP contribution is 2.59. The van der Waals surface area contributed by atoms with E-state index in [1.807, 2.05) is 125 Å². The van der Waals surface area contributed by atoms with Gasteiger partial charge in [0.15, 0.2) is 0 Å². The molecule has 12 heteroatoms. The van der Waals surface area contributed by atoms with E-state index in [1.54, 1.807) is 49.1 Å². The van der Waals surface area contributed by atoms with E-state index in [1.165, 1.54) is 9.80 Å². The lowest BCUT2D eigenvalue weighted by Gasteiger charge is -2.34. The predicted octanol–water partition coefficient (Wildman–Crippen LogP) is 28.2. The van der Waals surface area contributed by atoms with E-state index in [2.05, 4.69) is 221 Å². The lowest BCUT2D eigenvalue weighted by molar-refractivity contribution is 0.0877. The van der Waals surface area contributed by atoms with Crippen molar-refractivity contribution < 1.29 is 38.1 Å². The predicted molar refractivity (Wildman–Crippen MR) is 497 cm³/mol. The van der Waals surface area contributed by atoms with Crippen LogP contribution < -0.4 is 28.7 Å². The Balaban J connectivity index is 1.09. The van der Waals surface area contributed by atoms with Crippen molar-refractivity contribution in [3.63, 3.8) is 0 Å². The molecule has 13 aromatic rings. The Labute approximate surface area is 720 Å². The number of amides is 4. The molecule has 122 heavy (non-hydrogen) atoms. The number of carbonyl (C=O) groups excluding carboxylic acids is 4. The van der Waals surface area contributed by atoms with Crippen molar-refractivity contribution in [1.82, 2.24) is 9.97 Å². The van der Waals surface area contributed by atoms with Gasteiger partial charge in [0.1, 0.15) is 46.0 Å². The molecule has 0 spiro atoms. The fraction of sp³-hybridized carbons (Fsp3) is 0.327. The molecular formula is C110H112N4O8. The molecule has 0 bridgehead atoms. The minimum absolute atomic E-state index is 0.00354. The fourth-order valence-electron chi connectivity index (χ4n) is 20.3. The van der Waals surface area contributed by atoms with Gasteiger partial charge in [0.05, 0.1) is 33.6 Å². The Hall–Kier alpha value is -12.4. The summed E-state index contributed by atoms with van der Waals surface area (Å²) in [6.45, 7) is 52.6. The molecule has 0 saturated heterocycles. The first-order valence-electron chi connectivity index (χ1n) is 42.5. The number of carbonyl (C=O) groups is 4. The number of pyridine rings is 2. The van der Waals surface area contributed by atoms with Gasteiger partial charge < -0.3 is 18.9 Å². The zero-order valence-electron chi connectivity index (χ0n) is 75.4. The number of imide groups is 2. The number of anilines is 2. The van der Waals surface area contributed by atoms with Gasteiger partial charge in [-0.05, 0) is 263 Å². The third kappa shape index (κ3) is 16.8. The fourth-order valence-corrected chi connectivity index (χ4v) is 20.3. The second kappa shape index (κ2) is 30.9. The SMILES string of the molecule is Cc1cc(C#Cc2ccncc2)cc(C)c1N1C(=O)c2cc(Oc3ccc(C(C)(C)CC(C)(C)C)cc3)c3c4c(Oc5ccc(C(C)(C)CC(C)(C)C)cc5)cc5c6c(cc(Oc7ccc(C(C)(C)CC(C)(C)C)cc7)c(c7c(Oc8ccc(C(C)(C)CC(C)(C)C)cc8)cc(c2c37)C1=O)c64)C(=O)N(c1c(C)cc(C#Cc2ccncc2)cc1C)C5=O. The van der Waals surface area contributed by atoms with Gasteiger partial charge in [-0.15, -0.1) is 0 Å². The minimum atomic E-state index is -0.600. The summed E-state index contributed by atoms with van der Waals surface area (Å²) in [7, 11) is 0. The summed E-state index contributed by atoms with van der Waals surface area (Å²) in [5, 5.41) is 3.08. The van der Waals surface area contributed by atoms with Crippen molar-refractivity contribution in [2.45, 2.75) is 214 Å². The maximum atomic E-state index is 16.9. The smallest absolute Gasteiger partial charge is 0.266 e. The largest absolute Gasteiger partial charge is 0.457 e. The number of rotatable bonds is 18. The topological polar surface area (TPSA) is 137 Å². The van der Waals surface area contributed by atoms with Crippen LogP contribution in [0.25, 0.3) is 43.1 Å². The number of ether oxygens (including phenoxy) is 4. The lowest BCUT2D eigenvalue weighted by Crippen LogP contribution is -2.41. The van der Waals surface area contributed by atoms with Crippen LogP contribution in [-0.4, -0.2) is 33.6 Å². The summed E-state index contributed by atoms with van der Waals surface area (Å²) >= 11 is 0. The van der Waals surface area contributed by atoms with Crippen LogP contribution in [-0.2, 0) is 21.7 Å². The van der Waals surface area contributed by atoms with Crippen LogP contribution >= 0.6 is 0 Å². The standard InChI is InChI=1S/C110H112N4O8/c1-65-53-71(27-25-69-45-49-111-50-46-69)54-66(2)97(65)113-99(115)81-57-85(119-77-37-29-73(30-38-77)107(17,18)61-103(5,6)7)91-93-87(121-79-41-33-75(34-42-79)109(21,22)63-105(11,12)13)59-83-90-84(102(118)114(101(83)117)98-67(3)55-72(56-68(98)4)28-26-70-47-51-112-52-48-70)60-88(122-80-43-35-76(36-44-80)110(23,24)64-106(14,15)16)94(96(90)93)92-86(58-82(100(113)116)89(81)95(91)92)120-78-39-31-74(32-40-78)108(19,20)62-104(8,9)10/h29-60H,61-64H2,1-24H3. The Bertz CT molecular complexity index is 5800. The minimum Gasteiger partial charge on any atom is -0.457 e. The van der Waals surface area contributed by atoms with Crippen molar-refractivity contribution in [2.24, 2.45) is 21.7 Å². The van der Waals surface area contributed by atoms with E-state index in [0.29, 0.717) is 111 Å². The Morgan fingerprint density at radius 3 is 0.672 bits per heavy atom. The molecule has 0 radical (unpaired) electrons. The summed E-state index contributed by atoms with van der Waals surface area (Å²) < 4.78 is 30.5. The summed E-state index contributed by atoms with van der Waals surface area (Å²) in [5.74, 6) is 13.4. The van der Waals surface area contributed by atoms with Gasteiger partial charge in [-0.3, -0.25) is 29.1 Å². The highest BCUT2D eigenvalue weighted by Gasteiger charge is 2.45. The first-order valence-corrected chi connectivity index (χ1v) is 42.5. The van der Waals surface area contributed by atoms with E-state index in [9.17, 15) is 0 Å². The van der Waals surface area contributed by atoms with Gasteiger partial charge in [0, 0.05) is 90.1 Å². The Morgan fingerprint density at radius 1 is 0.262 bits per heavy atom. The van der Waals surface area contributed by atoms with Crippen molar-refractivity contribution in [3.05, 3.63) is 284 Å². The Kier molecular flexibility index (Phi) is 21.5. The lowest BCUT2D eigenvalue weighted by atomic mass is 9.72. The summed E-state index contributed by atoms with van der Waals surface area (Å²) in [5.41, 5.74) is 10.4. The summed E-state index contributed by atoms with van der Waals surface area (Å²) in [4.78, 5) is 78.4. The number of benzene rings is 11. The van der Waals surface area contributed by atoms with Crippen molar-refractivity contribution in [3.8, 4) is 69.7 Å². The molecule has 0 unspecified atom stereocenters. The van der Waals surface area contributed by atoms with E-state index in [0.717, 1.165) is 59.1 Å². The van der Waals surface area contributed by atoms with Gasteiger partial charge in [-0.25, -0.2) is 9.80 Å². The second-order valence-electron chi connectivity index (χ2n) is 41.5.